The monoisotopic (exact) mass is 339 g/mol. The van der Waals surface area contributed by atoms with E-state index in [1.165, 1.54) is 5.56 Å². The summed E-state index contributed by atoms with van der Waals surface area (Å²) in [7, 11) is 3.80. The van der Waals surface area contributed by atoms with E-state index in [4.69, 9.17) is 9.47 Å². The lowest BCUT2D eigenvalue weighted by Gasteiger charge is -2.20. The van der Waals surface area contributed by atoms with Crippen molar-refractivity contribution in [1.29, 1.82) is 0 Å². The Kier molecular flexibility index (Phi) is 3.95. The molecule has 3 heterocycles. The molecule has 0 bridgehead atoms. The van der Waals surface area contributed by atoms with Crippen molar-refractivity contribution in [3.8, 4) is 11.5 Å². The lowest BCUT2D eigenvalue weighted by Crippen LogP contribution is -2.30. The van der Waals surface area contributed by atoms with Gasteiger partial charge in [-0.05, 0) is 36.2 Å². The summed E-state index contributed by atoms with van der Waals surface area (Å²) in [5.41, 5.74) is 1.84. The molecule has 6 nitrogen and oxygen atoms in total. The summed E-state index contributed by atoms with van der Waals surface area (Å²) < 4.78 is 10.8. The van der Waals surface area contributed by atoms with E-state index in [0.29, 0.717) is 23.8 Å². The predicted octanol–water partition coefficient (Wildman–Crippen LogP) is 2.51. The second kappa shape index (κ2) is 6.27. The van der Waals surface area contributed by atoms with Crippen molar-refractivity contribution in [3.63, 3.8) is 0 Å². The first-order valence-corrected chi connectivity index (χ1v) is 8.44. The van der Waals surface area contributed by atoms with E-state index in [9.17, 15) is 4.79 Å². The van der Waals surface area contributed by atoms with Crippen molar-refractivity contribution in [2.24, 2.45) is 0 Å². The number of fused-ring (bicyclic) bond motifs is 1. The zero-order chi connectivity index (χ0) is 17.4. The molecule has 2 aromatic rings. The molecule has 0 aliphatic carbocycles. The van der Waals surface area contributed by atoms with Crippen molar-refractivity contribution in [2.75, 3.05) is 38.9 Å². The molecule has 1 fully saturated rings. The Bertz CT molecular complexity index is 806. The topological polar surface area (TPSA) is 54.9 Å². The van der Waals surface area contributed by atoms with Gasteiger partial charge in [0.15, 0.2) is 11.5 Å². The number of rotatable bonds is 3. The maximum Gasteiger partial charge on any atom is 0.257 e. The van der Waals surface area contributed by atoms with Gasteiger partial charge >= 0.3 is 0 Å². The van der Waals surface area contributed by atoms with Crippen molar-refractivity contribution in [3.05, 3.63) is 47.7 Å². The highest BCUT2D eigenvalue weighted by atomic mass is 16.7. The third-order valence-electron chi connectivity index (χ3n) is 4.78. The van der Waals surface area contributed by atoms with Crippen molar-refractivity contribution in [1.82, 2.24) is 9.88 Å². The van der Waals surface area contributed by atoms with Crippen LogP contribution in [0.2, 0.25) is 0 Å². The number of nitrogens with zero attached hydrogens (tertiary/aromatic N) is 3. The second-order valence-corrected chi connectivity index (χ2v) is 6.62. The number of aromatic nitrogens is 1. The number of amides is 1. The van der Waals surface area contributed by atoms with Crippen LogP contribution in [-0.2, 0) is 0 Å². The zero-order valence-electron chi connectivity index (χ0n) is 14.4. The molecule has 1 amide bonds. The number of pyridine rings is 1. The maximum atomic E-state index is 13.0. The summed E-state index contributed by atoms with van der Waals surface area (Å²) >= 11 is 0. The first kappa shape index (κ1) is 15.7. The average Bonchev–Trinajstić information content (AvgIpc) is 3.29. The predicted molar refractivity (Wildman–Crippen MR) is 94.4 cm³/mol. The van der Waals surface area contributed by atoms with Crippen LogP contribution in [0.5, 0.6) is 11.5 Å². The lowest BCUT2D eigenvalue weighted by atomic mass is 9.98. The number of benzene rings is 1. The Morgan fingerprint density at radius 1 is 1.24 bits per heavy atom. The molecule has 2 aliphatic rings. The molecule has 1 aromatic heterocycles. The van der Waals surface area contributed by atoms with Crippen LogP contribution >= 0.6 is 0 Å². The van der Waals surface area contributed by atoms with E-state index in [2.05, 4.69) is 11.1 Å². The summed E-state index contributed by atoms with van der Waals surface area (Å²) in [6.45, 7) is 1.74. The summed E-state index contributed by atoms with van der Waals surface area (Å²) in [6, 6.07) is 9.72. The fourth-order valence-corrected chi connectivity index (χ4v) is 3.47. The van der Waals surface area contributed by atoms with Gasteiger partial charge in [0.05, 0.1) is 5.56 Å². The highest BCUT2D eigenvalue weighted by Crippen LogP contribution is 2.37. The van der Waals surface area contributed by atoms with Crippen LogP contribution in [0, 0.1) is 0 Å². The first-order chi connectivity index (χ1) is 12.1. The molecular weight excluding hydrogens is 318 g/mol. The summed E-state index contributed by atoms with van der Waals surface area (Å²) in [5.74, 6) is 2.65. The Hall–Kier alpha value is -2.76. The van der Waals surface area contributed by atoms with Crippen LogP contribution < -0.4 is 14.4 Å². The minimum Gasteiger partial charge on any atom is -0.454 e. The van der Waals surface area contributed by atoms with Gasteiger partial charge in [0.25, 0.3) is 5.91 Å². The van der Waals surface area contributed by atoms with Crippen molar-refractivity contribution < 1.29 is 14.3 Å². The van der Waals surface area contributed by atoms with Crippen LogP contribution in [0.25, 0.3) is 0 Å². The minimum atomic E-state index is 0.0417. The van der Waals surface area contributed by atoms with Gasteiger partial charge in [-0.2, -0.15) is 0 Å². The van der Waals surface area contributed by atoms with Crippen LogP contribution in [-0.4, -0.2) is 49.8 Å². The zero-order valence-corrected chi connectivity index (χ0v) is 14.4. The number of likely N-dealkylation sites (tertiary alicyclic amines) is 1. The standard InChI is InChI=1S/C19H21N3O3/c1-21(2)18-15(4-3-8-20-18)19(23)22-9-7-14(11-22)13-5-6-16-17(10-13)25-12-24-16/h3-6,8,10,14H,7,9,11-12H2,1-2H3. The van der Waals surface area contributed by atoms with Crippen LogP contribution in [0.15, 0.2) is 36.5 Å². The van der Waals surface area contributed by atoms with E-state index in [1.54, 1.807) is 6.20 Å². The number of anilines is 1. The molecule has 0 saturated carbocycles. The van der Waals surface area contributed by atoms with Crippen LogP contribution in [0.4, 0.5) is 5.82 Å². The van der Waals surface area contributed by atoms with Crippen molar-refractivity contribution >= 4 is 11.7 Å². The molecule has 0 N–H and O–H groups in total. The Balaban J connectivity index is 1.52. The van der Waals surface area contributed by atoms with Gasteiger partial charge in [0, 0.05) is 39.3 Å². The molecule has 1 saturated heterocycles. The molecule has 25 heavy (non-hydrogen) atoms. The molecular formula is C19H21N3O3. The van der Waals surface area contributed by atoms with Crippen LogP contribution in [0.1, 0.15) is 28.3 Å². The Labute approximate surface area is 147 Å². The lowest BCUT2D eigenvalue weighted by molar-refractivity contribution is 0.0791. The van der Waals surface area contributed by atoms with E-state index in [0.717, 1.165) is 24.5 Å². The third-order valence-corrected chi connectivity index (χ3v) is 4.78. The number of hydrogen-bond donors (Lipinski definition) is 0. The molecule has 130 valence electrons. The summed E-state index contributed by atoms with van der Waals surface area (Å²) in [4.78, 5) is 21.1. The van der Waals surface area contributed by atoms with E-state index >= 15 is 0 Å². The number of carbonyl (C=O) groups excluding carboxylic acids is 1. The third kappa shape index (κ3) is 2.88. The van der Waals surface area contributed by atoms with Gasteiger partial charge in [-0.1, -0.05) is 6.07 Å². The quantitative estimate of drug-likeness (QED) is 0.860. The SMILES string of the molecule is CN(C)c1ncccc1C(=O)N1CCC(c2ccc3c(c2)OCO3)C1. The van der Waals surface area contributed by atoms with Gasteiger partial charge in [0.2, 0.25) is 6.79 Å². The molecule has 2 aliphatic heterocycles. The van der Waals surface area contributed by atoms with Crippen LogP contribution in [0.3, 0.4) is 0 Å². The van der Waals surface area contributed by atoms with E-state index in [1.807, 2.05) is 48.2 Å². The molecule has 0 spiro atoms. The fourth-order valence-electron chi connectivity index (χ4n) is 3.47. The highest BCUT2D eigenvalue weighted by molar-refractivity contribution is 5.99. The Morgan fingerprint density at radius 2 is 2.08 bits per heavy atom. The van der Waals surface area contributed by atoms with Gasteiger partial charge in [-0.15, -0.1) is 0 Å². The number of carbonyl (C=O) groups is 1. The summed E-state index contributed by atoms with van der Waals surface area (Å²) in [5, 5.41) is 0. The van der Waals surface area contributed by atoms with Gasteiger partial charge < -0.3 is 19.3 Å². The fraction of sp³-hybridized carbons (Fsp3) is 0.368. The molecule has 1 atom stereocenters. The molecule has 4 rings (SSSR count). The highest BCUT2D eigenvalue weighted by Gasteiger charge is 2.30. The number of ether oxygens (including phenoxy) is 2. The molecule has 1 unspecified atom stereocenters. The molecule has 6 heteroatoms. The summed E-state index contributed by atoms with van der Waals surface area (Å²) in [6.07, 6.45) is 2.66. The largest absolute Gasteiger partial charge is 0.454 e. The van der Waals surface area contributed by atoms with E-state index < -0.39 is 0 Å². The normalized spacial score (nSPS) is 18.5. The average molecular weight is 339 g/mol. The molecule has 0 radical (unpaired) electrons. The van der Waals surface area contributed by atoms with Gasteiger partial charge in [-0.3, -0.25) is 4.79 Å². The second-order valence-electron chi connectivity index (χ2n) is 6.62. The first-order valence-electron chi connectivity index (χ1n) is 8.44. The van der Waals surface area contributed by atoms with E-state index in [-0.39, 0.29) is 12.7 Å². The van der Waals surface area contributed by atoms with Gasteiger partial charge in [0.1, 0.15) is 5.82 Å². The number of hydrogen-bond acceptors (Lipinski definition) is 5. The minimum absolute atomic E-state index is 0.0417. The smallest absolute Gasteiger partial charge is 0.257 e. The maximum absolute atomic E-state index is 13.0. The van der Waals surface area contributed by atoms with Crippen molar-refractivity contribution in [2.45, 2.75) is 12.3 Å². The van der Waals surface area contributed by atoms with Gasteiger partial charge in [-0.25, -0.2) is 4.98 Å². The Morgan fingerprint density at radius 3 is 2.92 bits per heavy atom. The molecule has 1 aromatic carbocycles.